The molecular weight excluding hydrogens is 246 g/mol. The van der Waals surface area contributed by atoms with Gasteiger partial charge in [0, 0.05) is 10.7 Å². The van der Waals surface area contributed by atoms with Crippen molar-refractivity contribution in [3.8, 4) is 0 Å². The van der Waals surface area contributed by atoms with Crippen molar-refractivity contribution in [1.82, 2.24) is 0 Å². The fourth-order valence-corrected chi connectivity index (χ4v) is 2.65. The molecule has 1 aliphatic heterocycles. The third-order valence-corrected chi connectivity index (χ3v) is 3.78. The Morgan fingerprint density at radius 2 is 2.11 bits per heavy atom. The minimum absolute atomic E-state index is 0.367. The zero-order valence-corrected chi connectivity index (χ0v) is 11.7. The van der Waals surface area contributed by atoms with Crippen molar-refractivity contribution in [1.29, 1.82) is 0 Å². The van der Waals surface area contributed by atoms with Gasteiger partial charge >= 0.3 is 0 Å². The van der Waals surface area contributed by atoms with Crippen molar-refractivity contribution in [3.05, 3.63) is 29.3 Å². The van der Waals surface area contributed by atoms with Gasteiger partial charge in [-0.05, 0) is 36.6 Å². The van der Waals surface area contributed by atoms with Gasteiger partial charge in [0.15, 0.2) is 5.96 Å². The number of hydrogen-bond donors (Lipinski definition) is 1. The second-order valence-corrected chi connectivity index (χ2v) is 5.32. The standard InChI is InChI=1S/C14H20ClN3/c1-3-4-10(2)13-9-17-14(16)18(13)12-7-5-11(15)6-8-12/h5-8,10,13H,3-4,9H2,1-2H3,(H2,16,17). The molecule has 0 amide bonds. The van der Waals surface area contributed by atoms with Crippen LogP contribution in [0.4, 0.5) is 5.69 Å². The molecule has 1 heterocycles. The molecule has 2 atom stereocenters. The Bertz CT molecular complexity index is 427. The van der Waals surface area contributed by atoms with E-state index in [-0.39, 0.29) is 0 Å². The van der Waals surface area contributed by atoms with Gasteiger partial charge in [-0.3, -0.25) is 4.99 Å². The molecule has 2 N–H and O–H groups in total. The van der Waals surface area contributed by atoms with E-state index in [4.69, 9.17) is 17.3 Å². The zero-order chi connectivity index (χ0) is 13.1. The van der Waals surface area contributed by atoms with E-state index >= 15 is 0 Å². The van der Waals surface area contributed by atoms with E-state index in [0.29, 0.717) is 17.9 Å². The van der Waals surface area contributed by atoms with E-state index in [0.717, 1.165) is 17.3 Å². The lowest BCUT2D eigenvalue weighted by Gasteiger charge is -2.30. The second-order valence-electron chi connectivity index (χ2n) is 4.88. The summed E-state index contributed by atoms with van der Waals surface area (Å²) in [4.78, 5) is 6.52. The van der Waals surface area contributed by atoms with E-state index in [1.54, 1.807) is 0 Å². The largest absolute Gasteiger partial charge is 0.370 e. The summed E-state index contributed by atoms with van der Waals surface area (Å²) < 4.78 is 0. The lowest BCUT2D eigenvalue weighted by atomic mass is 9.96. The molecule has 2 unspecified atom stereocenters. The number of guanidine groups is 1. The minimum atomic E-state index is 0.367. The minimum Gasteiger partial charge on any atom is -0.370 e. The third-order valence-electron chi connectivity index (χ3n) is 3.52. The van der Waals surface area contributed by atoms with Gasteiger partial charge in [0.2, 0.25) is 0 Å². The molecule has 1 aromatic rings. The smallest absolute Gasteiger partial charge is 0.196 e. The lowest BCUT2D eigenvalue weighted by Crippen LogP contribution is -2.44. The normalized spacial score (nSPS) is 20.9. The number of benzene rings is 1. The highest BCUT2D eigenvalue weighted by Crippen LogP contribution is 2.27. The first-order valence-electron chi connectivity index (χ1n) is 6.48. The number of hydrogen-bond acceptors (Lipinski definition) is 3. The fraction of sp³-hybridized carbons (Fsp3) is 0.500. The van der Waals surface area contributed by atoms with Gasteiger partial charge in [-0.1, -0.05) is 31.9 Å². The first-order chi connectivity index (χ1) is 8.63. The maximum Gasteiger partial charge on any atom is 0.196 e. The summed E-state index contributed by atoms with van der Waals surface area (Å²) in [7, 11) is 0. The van der Waals surface area contributed by atoms with Gasteiger partial charge in [0.25, 0.3) is 0 Å². The number of halogens is 1. The summed E-state index contributed by atoms with van der Waals surface area (Å²) in [6.07, 6.45) is 2.38. The maximum absolute atomic E-state index is 6.02. The first kappa shape index (κ1) is 13.2. The van der Waals surface area contributed by atoms with Crippen LogP contribution in [0.3, 0.4) is 0 Å². The molecule has 0 saturated carbocycles. The number of aliphatic imine (C=N–C) groups is 1. The van der Waals surface area contributed by atoms with Gasteiger partial charge in [-0.2, -0.15) is 0 Å². The zero-order valence-electron chi connectivity index (χ0n) is 10.9. The van der Waals surface area contributed by atoms with Crippen molar-refractivity contribution in [3.63, 3.8) is 0 Å². The van der Waals surface area contributed by atoms with Crippen LogP contribution in [0.1, 0.15) is 26.7 Å². The molecule has 0 saturated heterocycles. The predicted octanol–water partition coefficient (Wildman–Crippen LogP) is 3.28. The predicted molar refractivity (Wildman–Crippen MR) is 78.3 cm³/mol. The van der Waals surface area contributed by atoms with Crippen molar-refractivity contribution >= 4 is 23.2 Å². The first-order valence-corrected chi connectivity index (χ1v) is 6.86. The van der Waals surface area contributed by atoms with Crippen molar-refractivity contribution < 1.29 is 0 Å². The van der Waals surface area contributed by atoms with Crippen molar-refractivity contribution in [2.24, 2.45) is 16.6 Å². The maximum atomic E-state index is 6.02. The van der Waals surface area contributed by atoms with Gasteiger partial charge in [-0.25, -0.2) is 0 Å². The molecule has 1 aromatic carbocycles. The number of nitrogens with two attached hydrogens (primary N) is 1. The molecule has 4 heteroatoms. The van der Waals surface area contributed by atoms with Crippen LogP contribution in [-0.4, -0.2) is 18.5 Å². The molecule has 0 fully saturated rings. The molecule has 0 aromatic heterocycles. The molecular formula is C14H20ClN3. The van der Waals surface area contributed by atoms with E-state index in [1.807, 2.05) is 24.3 Å². The third kappa shape index (κ3) is 2.61. The molecule has 1 aliphatic rings. The van der Waals surface area contributed by atoms with Crippen LogP contribution in [0.15, 0.2) is 29.3 Å². The van der Waals surface area contributed by atoms with E-state index in [1.165, 1.54) is 12.8 Å². The summed E-state index contributed by atoms with van der Waals surface area (Å²) in [6, 6.07) is 8.16. The van der Waals surface area contributed by atoms with E-state index in [9.17, 15) is 0 Å². The van der Waals surface area contributed by atoms with Crippen LogP contribution >= 0.6 is 11.6 Å². The Morgan fingerprint density at radius 3 is 2.72 bits per heavy atom. The summed E-state index contributed by atoms with van der Waals surface area (Å²) in [5, 5.41) is 0.742. The molecule has 3 nitrogen and oxygen atoms in total. The summed E-state index contributed by atoms with van der Waals surface area (Å²) in [5.41, 5.74) is 7.09. The van der Waals surface area contributed by atoms with Crippen LogP contribution in [0.2, 0.25) is 5.02 Å². The van der Waals surface area contributed by atoms with Gasteiger partial charge in [-0.15, -0.1) is 0 Å². The highest BCUT2D eigenvalue weighted by Gasteiger charge is 2.31. The van der Waals surface area contributed by atoms with Crippen LogP contribution < -0.4 is 10.6 Å². The lowest BCUT2D eigenvalue weighted by molar-refractivity contribution is 0.439. The molecule has 0 aliphatic carbocycles. The fourth-order valence-electron chi connectivity index (χ4n) is 2.52. The Morgan fingerprint density at radius 1 is 1.44 bits per heavy atom. The van der Waals surface area contributed by atoms with E-state index < -0.39 is 0 Å². The van der Waals surface area contributed by atoms with E-state index in [2.05, 4.69) is 23.7 Å². The highest BCUT2D eigenvalue weighted by molar-refractivity contribution is 6.30. The summed E-state index contributed by atoms with van der Waals surface area (Å²) in [6.45, 7) is 5.27. The Labute approximate surface area is 114 Å². The second kappa shape index (κ2) is 5.61. The molecule has 0 bridgehead atoms. The van der Waals surface area contributed by atoms with Crippen LogP contribution in [0.25, 0.3) is 0 Å². The average molecular weight is 266 g/mol. The SMILES string of the molecule is CCCC(C)C1CN=C(N)N1c1ccc(Cl)cc1. The van der Waals surface area contributed by atoms with Crippen molar-refractivity contribution in [2.45, 2.75) is 32.7 Å². The quantitative estimate of drug-likeness (QED) is 0.908. The number of anilines is 1. The summed E-state index contributed by atoms with van der Waals surface area (Å²) in [5.74, 6) is 1.20. The monoisotopic (exact) mass is 265 g/mol. The van der Waals surface area contributed by atoms with Crippen LogP contribution in [0, 0.1) is 5.92 Å². The molecule has 2 rings (SSSR count). The number of nitrogens with zero attached hydrogens (tertiary/aromatic N) is 2. The van der Waals surface area contributed by atoms with Crippen LogP contribution in [-0.2, 0) is 0 Å². The highest BCUT2D eigenvalue weighted by atomic mass is 35.5. The molecule has 0 spiro atoms. The number of rotatable bonds is 4. The van der Waals surface area contributed by atoms with Crippen molar-refractivity contribution in [2.75, 3.05) is 11.4 Å². The van der Waals surface area contributed by atoms with Crippen LogP contribution in [0.5, 0.6) is 0 Å². The Hall–Kier alpha value is -1.22. The molecule has 18 heavy (non-hydrogen) atoms. The molecule has 0 radical (unpaired) electrons. The topological polar surface area (TPSA) is 41.6 Å². The van der Waals surface area contributed by atoms with Gasteiger partial charge in [0.1, 0.15) is 0 Å². The van der Waals surface area contributed by atoms with Gasteiger partial charge < -0.3 is 10.6 Å². The summed E-state index contributed by atoms with van der Waals surface area (Å²) >= 11 is 5.92. The Balaban J connectivity index is 2.22. The van der Waals surface area contributed by atoms with Gasteiger partial charge in [0.05, 0.1) is 12.6 Å². The molecule has 98 valence electrons. The Kier molecular flexibility index (Phi) is 4.12. The average Bonchev–Trinajstić information content (AvgIpc) is 2.73.